The molecule has 0 amide bonds. The minimum absolute atomic E-state index is 0.500. The molecule has 1 N–H and O–H groups in total. The van der Waals surface area contributed by atoms with Crippen LogP contribution in [0.1, 0.15) is 57.1 Å². The van der Waals surface area contributed by atoms with Gasteiger partial charge in [0.1, 0.15) is 0 Å². The SMILES string of the molecule is CCC(C)n1nc(C)c(CCNC(C)C)c1C. The van der Waals surface area contributed by atoms with Crippen molar-refractivity contribution in [2.24, 2.45) is 0 Å². The fourth-order valence-corrected chi connectivity index (χ4v) is 2.15. The van der Waals surface area contributed by atoms with Crippen molar-refractivity contribution in [3.8, 4) is 0 Å². The Bertz CT molecular complexity index is 353. The maximum Gasteiger partial charge on any atom is 0.0629 e. The van der Waals surface area contributed by atoms with Crippen LogP contribution in [-0.4, -0.2) is 22.4 Å². The molecule has 1 atom stereocenters. The Kier molecular flexibility index (Phi) is 5.19. The first-order valence-corrected chi connectivity index (χ1v) is 6.75. The maximum atomic E-state index is 4.67. The summed E-state index contributed by atoms with van der Waals surface area (Å²) in [5, 5.41) is 8.13. The average molecular weight is 237 g/mol. The van der Waals surface area contributed by atoms with Crippen LogP contribution in [-0.2, 0) is 6.42 Å². The lowest BCUT2D eigenvalue weighted by Crippen LogP contribution is -2.25. The van der Waals surface area contributed by atoms with Gasteiger partial charge in [0.05, 0.1) is 5.69 Å². The third-order valence-electron chi connectivity index (χ3n) is 3.41. The minimum atomic E-state index is 0.500. The van der Waals surface area contributed by atoms with Gasteiger partial charge in [-0.1, -0.05) is 20.8 Å². The van der Waals surface area contributed by atoms with Gasteiger partial charge in [0.2, 0.25) is 0 Å². The highest BCUT2D eigenvalue weighted by Gasteiger charge is 2.14. The third-order valence-corrected chi connectivity index (χ3v) is 3.41. The Labute approximate surface area is 106 Å². The Morgan fingerprint density at radius 3 is 2.41 bits per heavy atom. The Morgan fingerprint density at radius 1 is 1.24 bits per heavy atom. The summed E-state index contributed by atoms with van der Waals surface area (Å²) in [7, 11) is 0. The first kappa shape index (κ1) is 14.2. The Morgan fingerprint density at radius 2 is 1.88 bits per heavy atom. The van der Waals surface area contributed by atoms with Crippen molar-refractivity contribution in [3.05, 3.63) is 17.0 Å². The van der Waals surface area contributed by atoms with E-state index in [0.29, 0.717) is 12.1 Å². The molecular weight excluding hydrogens is 210 g/mol. The third kappa shape index (κ3) is 3.56. The first-order valence-electron chi connectivity index (χ1n) is 6.75. The molecule has 0 radical (unpaired) electrons. The molecule has 0 fully saturated rings. The van der Waals surface area contributed by atoms with Crippen molar-refractivity contribution in [1.29, 1.82) is 0 Å². The van der Waals surface area contributed by atoms with Crippen LogP contribution in [0.2, 0.25) is 0 Å². The summed E-state index contributed by atoms with van der Waals surface area (Å²) < 4.78 is 2.18. The molecule has 0 aliphatic carbocycles. The molecule has 1 unspecified atom stereocenters. The summed E-state index contributed by atoms with van der Waals surface area (Å²) in [5.41, 5.74) is 3.94. The lowest BCUT2D eigenvalue weighted by molar-refractivity contribution is 0.464. The monoisotopic (exact) mass is 237 g/mol. The van der Waals surface area contributed by atoms with E-state index in [-0.39, 0.29) is 0 Å². The van der Waals surface area contributed by atoms with Crippen molar-refractivity contribution in [2.45, 2.75) is 66.5 Å². The van der Waals surface area contributed by atoms with E-state index in [1.165, 1.54) is 17.0 Å². The van der Waals surface area contributed by atoms with E-state index in [0.717, 1.165) is 19.4 Å². The lowest BCUT2D eigenvalue weighted by Gasteiger charge is -2.12. The van der Waals surface area contributed by atoms with Crippen LogP contribution in [0.3, 0.4) is 0 Å². The van der Waals surface area contributed by atoms with Crippen molar-refractivity contribution in [1.82, 2.24) is 15.1 Å². The lowest BCUT2D eigenvalue weighted by atomic mass is 10.1. The number of hydrogen-bond acceptors (Lipinski definition) is 2. The predicted molar refractivity (Wildman–Crippen MR) is 73.5 cm³/mol. The van der Waals surface area contributed by atoms with Gasteiger partial charge < -0.3 is 5.32 Å². The minimum Gasteiger partial charge on any atom is -0.314 e. The largest absolute Gasteiger partial charge is 0.314 e. The summed E-state index contributed by atoms with van der Waals surface area (Å²) in [6.45, 7) is 14.2. The van der Waals surface area contributed by atoms with Gasteiger partial charge in [0.25, 0.3) is 0 Å². The van der Waals surface area contributed by atoms with Crippen LogP contribution >= 0.6 is 0 Å². The zero-order chi connectivity index (χ0) is 13.0. The molecular formula is C14H27N3. The highest BCUT2D eigenvalue weighted by molar-refractivity contribution is 5.25. The molecule has 0 spiro atoms. The van der Waals surface area contributed by atoms with Gasteiger partial charge in [-0.2, -0.15) is 5.10 Å². The van der Waals surface area contributed by atoms with E-state index in [9.17, 15) is 0 Å². The molecule has 1 aromatic rings. The Hall–Kier alpha value is -0.830. The molecule has 0 aromatic carbocycles. The van der Waals surface area contributed by atoms with E-state index in [2.05, 4.69) is 56.6 Å². The number of nitrogens with zero attached hydrogens (tertiary/aromatic N) is 2. The van der Waals surface area contributed by atoms with E-state index in [1.807, 2.05) is 0 Å². The fourth-order valence-electron chi connectivity index (χ4n) is 2.15. The van der Waals surface area contributed by atoms with E-state index >= 15 is 0 Å². The van der Waals surface area contributed by atoms with Gasteiger partial charge in [-0.15, -0.1) is 0 Å². The summed E-state index contributed by atoms with van der Waals surface area (Å²) >= 11 is 0. The topological polar surface area (TPSA) is 29.9 Å². The standard InChI is InChI=1S/C14H27N3/c1-7-11(4)17-13(6)14(12(5)16-17)8-9-15-10(2)3/h10-11,15H,7-9H2,1-6H3. The summed E-state index contributed by atoms with van der Waals surface area (Å²) in [4.78, 5) is 0. The zero-order valence-corrected chi connectivity index (χ0v) is 12.2. The van der Waals surface area contributed by atoms with Gasteiger partial charge in [0.15, 0.2) is 0 Å². The van der Waals surface area contributed by atoms with Crippen LogP contribution in [0.15, 0.2) is 0 Å². The Balaban J connectivity index is 2.75. The van der Waals surface area contributed by atoms with Crippen LogP contribution in [0, 0.1) is 13.8 Å². The van der Waals surface area contributed by atoms with E-state index in [4.69, 9.17) is 0 Å². The molecule has 0 saturated heterocycles. The molecule has 17 heavy (non-hydrogen) atoms. The van der Waals surface area contributed by atoms with Crippen LogP contribution in [0.5, 0.6) is 0 Å². The van der Waals surface area contributed by atoms with Gasteiger partial charge in [0, 0.05) is 17.8 Å². The van der Waals surface area contributed by atoms with Crippen LogP contribution < -0.4 is 5.32 Å². The fraction of sp³-hybridized carbons (Fsp3) is 0.786. The van der Waals surface area contributed by atoms with Crippen LogP contribution in [0.25, 0.3) is 0 Å². The molecule has 0 bridgehead atoms. The first-order chi connectivity index (χ1) is 7.97. The number of rotatable bonds is 6. The molecule has 3 heteroatoms. The molecule has 3 nitrogen and oxygen atoms in total. The van der Waals surface area contributed by atoms with Crippen molar-refractivity contribution in [3.63, 3.8) is 0 Å². The second-order valence-corrected chi connectivity index (χ2v) is 5.21. The van der Waals surface area contributed by atoms with Gasteiger partial charge >= 0.3 is 0 Å². The molecule has 0 aliphatic rings. The average Bonchev–Trinajstić information content (AvgIpc) is 2.55. The van der Waals surface area contributed by atoms with Gasteiger partial charge in [-0.25, -0.2) is 0 Å². The van der Waals surface area contributed by atoms with Crippen molar-refractivity contribution < 1.29 is 0 Å². The van der Waals surface area contributed by atoms with E-state index < -0.39 is 0 Å². The van der Waals surface area contributed by atoms with Gasteiger partial charge in [-0.3, -0.25) is 4.68 Å². The van der Waals surface area contributed by atoms with Crippen molar-refractivity contribution >= 4 is 0 Å². The number of aryl methyl sites for hydroxylation is 1. The smallest absolute Gasteiger partial charge is 0.0629 e. The zero-order valence-electron chi connectivity index (χ0n) is 12.2. The van der Waals surface area contributed by atoms with Crippen molar-refractivity contribution in [2.75, 3.05) is 6.54 Å². The number of hydrogen-bond donors (Lipinski definition) is 1. The predicted octanol–water partition coefficient (Wildman–Crippen LogP) is 3.01. The molecule has 1 heterocycles. The normalized spacial score (nSPS) is 13.4. The second kappa shape index (κ2) is 6.20. The maximum absolute atomic E-state index is 4.67. The molecule has 1 rings (SSSR count). The quantitative estimate of drug-likeness (QED) is 0.824. The highest BCUT2D eigenvalue weighted by atomic mass is 15.3. The molecule has 0 aliphatic heterocycles. The summed E-state index contributed by atoms with van der Waals surface area (Å²) in [5.74, 6) is 0. The molecule has 1 aromatic heterocycles. The number of nitrogens with one attached hydrogen (secondary N) is 1. The summed E-state index contributed by atoms with van der Waals surface area (Å²) in [6.07, 6.45) is 2.21. The molecule has 98 valence electrons. The highest BCUT2D eigenvalue weighted by Crippen LogP contribution is 2.19. The molecule has 0 saturated carbocycles. The summed E-state index contributed by atoms with van der Waals surface area (Å²) in [6, 6.07) is 1.06. The van der Waals surface area contributed by atoms with Crippen LogP contribution in [0.4, 0.5) is 0 Å². The number of aromatic nitrogens is 2. The van der Waals surface area contributed by atoms with Gasteiger partial charge in [-0.05, 0) is 45.7 Å². The second-order valence-electron chi connectivity index (χ2n) is 5.21. The van der Waals surface area contributed by atoms with E-state index in [1.54, 1.807) is 0 Å².